The number of hydrogen-bond acceptors (Lipinski definition) is 4. The summed E-state index contributed by atoms with van der Waals surface area (Å²) in [6.45, 7) is 0. The summed E-state index contributed by atoms with van der Waals surface area (Å²) in [5, 5.41) is 2.78. The molecule has 1 atom stereocenters. The third kappa shape index (κ3) is 2.82. The number of nitrogens with zero attached hydrogens (tertiary/aromatic N) is 1. The Bertz CT molecular complexity index is 751. The molecule has 0 radical (unpaired) electrons. The molecule has 0 aliphatic carbocycles. The molecule has 1 saturated heterocycles. The fourth-order valence-electron chi connectivity index (χ4n) is 2.47. The van der Waals surface area contributed by atoms with Gasteiger partial charge in [-0.1, -0.05) is 6.07 Å². The first-order valence-electron chi connectivity index (χ1n) is 6.44. The molecule has 0 saturated carbocycles. The van der Waals surface area contributed by atoms with E-state index in [1.807, 2.05) is 18.2 Å². The van der Waals surface area contributed by atoms with Crippen molar-refractivity contribution >= 4 is 26.8 Å². The van der Waals surface area contributed by atoms with Gasteiger partial charge in [-0.2, -0.15) is 0 Å². The summed E-state index contributed by atoms with van der Waals surface area (Å²) in [5.74, 6) is 0.0714. The van der Waals surface area contributed by atoms with E-state index in [0.717, 1.165) is 16.6 Å². The second kappa shape index (κ2) is 4.90. The van der Waals surface area contributed by atoms with Gasteiger partial charge in [0.2, 0.25) is 5.91 Å². The molecule has 2 N–H and O–H groups in total. The van der Waals surface area contributed by atoms with Crippen LogP contribution in [0.1, 0.15) is 12.0 Å². The van der Waals surface area contributed by atoms with Crippen LogP contribution < -0.4 is 5.32 Å². The van der Waals surface area contributed by atoms with Gasteiger partial charge < -0.3 is 10.3 Å². The molecule has 2 aromatic rings. The molecule has 20 heavy (non-hydrogen) atoms. The minimum absolute atomic E-state index is 0.0539. The number of aromatic amines is 1. The lowest BCUT2D eigenvalue weighted by atomic mass is 10.1. The summed E-state index contributed by atoms with van der Waals surface area (Å²) < 4.78 is 22.7. The fourth-order valence-corrected chi connectivity index (χ4v) is 4.14. The summed E-state index contributed by atoms with van der Waals surface area (Å²) in [6, 6.07) is 5.35. The average Bonchev–Trinajstić information content (AvgIpc) is 2.95. The van der Waals surface area contributed by atoms with Crippen molar-refractivity contribution in [3.63, 3.8) is 0 Å². The zero-order valence-corrected chi connectivity index (χ0v) is 11.6. The first-order chi connectivity index (χ1) is 9.52. The lowest BCUT2D eigenvalue weighted by molar-refractivity contribution is -0.120. The van der Waals surface area contributed by atoms with Crippen LogP contribution in [0.15, 0.2) is 24.5 Å². The van der Waals surface area contributed by atoms with Gasteiger partial charge in [0, 0.05) is 6.04 Å². The van der Waals surface area contributed by atoms with Crippen LogP contribution >= 0.6 is 0 Å². The monoisotopic (exact) mass is 293 g/mol. The Balaban J connectivity index is 1.64. The Morgan fingerprint density at radius 3 is 3.05 bits per heavy atom. The molecule has 2 heterocycles. The van der Waals surface area contributed by atoms with Crippen molar-refractivity contribution in [2.45, 2.75) is 18.9 Å². The van der Waals surface area contributed by atoms with E-state index in [0.29, 0.717) is 6.42 Å². The fraction of sp³-hybridized carbons (Fsp3) is 0.385. The van der Waals surface area contributed by atoms with Crippen molar-refractivity contribution in [1.29, 1.82) is 0 Å². The van der Waals surface area contributed by atoms with Crippen molar-refractivity contribution in [2.24, 2.45) is 0 Å². The summed E-state index contributed by atoms with van der Waals surface area (Å²) in [4.78, 5) is 19.0. The molecule has 1 aliphatic rings. The quantitative estimate of drug-likeness (QED) is 0.857. The molecule has 3 rings (SSSR count). The normalized spacial score (nSPS) is 21.1. The van der Waals surface area contributed by atoms with E-state index >= 15 is 0 Å². The molecule has 106 valence electrons. The summed E-state index contributed by atoms with van der Waals surface area (Å²) >= 11 is 0. The van der Waals surface area contributed by atoms with Gasteiger partial charge in [0.25, 0.3) is 0 Å². The molecular formula is C13H15N3O3S. The average molecular weight is 293 g/mol. The number of nitrogens with one attached hydrogen (secondary N) is 2. The van der Waals surface area contributed by atoms with E-state index in [-0.39, 0.29) is 29.9 Å². The summed E-state index contributed by atoms with van der Waals surface area (Å²) in [6.07, 6.45) is 2.36. The predicted molar refractivity (Wildman–Crippen MR) is 75.0 cm³/mol. The third-order valence-corrected chi connectivity index (χ3v) is 5.21. The van der Waals surface area contributed by atoms with Crippen molar-refractivity contribution in [3.8, 4) is 0 Å². The third-order valence-electron chi connectivity index (χ3n) is 3.45. The maximum Gasteiger partial charge on any atom is 0.224 e. The first-order valence-corrected chi connectivity index (χ1v) is 8.26. The van der Waals surface area contributed by atoms with Crippen LogP contribution in [0, 0.1) is 0 Å². The predicted octanol–water partition coefficient (Wildman–Crippen LogP) is 0.409. The Morgan fingerprint density at radius 2 is 2.30 bits per heavy atom. The van der Waals surface area contributed by atoms with Crippen LogP contribution in [0.3, 0.4) is 0 Å². The zero-order chi connectivity index (χ0) is 14.2. The van der Waals surface area contributed by atoms with Crippen LogP contribution in [0.4, 0.5) is 0 Å². The van der Waals surface area contributed by atoms with Crippen molar-refractivity contribution in [1.82, 2.24) is 15.3 Å². The maximum atomic E-state index is 11.9. The molecular weight excluding hydrogens is 278 g/mol. The molecule has 6 nitrogen and oxygen atoms in total. The standard InChI is InChI=1S/C13H15N3O3S/c17-13(16-10-3-4-20(18,19)7-10)6-9-1-2-11-12(5-9)15-8-14-11/h1-2,5,8,10H,3-4,6-7H2,(H,14,15)(H,16,17). The van der Waals surface area contributed by atoms with Gasteiger partial charge in [0.15, 0.2) is 9.84 Å². The van der Waals surface area contributed by atoms with Crippen molar-refractivity contribution in [3.05, 3.63) is 30.1 Å². The van der Waals surface area contributed by atoms with E-state index in [1.165, 1.54) is 0 Å². The smallest absolute Gasteiger partial charge is 0.224 e. The van der Waals surface area contributed by atoms with Gasteiger partial charge in [0.1, 0.15) is 0 Å². The highest BCUT2D eigenvalue weighted by Gasteiger charge is 2.28. The number of hydrogen-bond donors (Lipinski definition) is 2. The second-order valence-corrected chi connectivity index (χ2v) is 7.33. The van der Waals surface area contributed by atoms with E-state index in [9.17, 15) is 13.2 Å². The number of carbonyl (C=O) groups excluding carboxylic acids is 1. The zero-order valence-electron chi connectivity index (χ0n) is 10.8. The molecule has 1 aromatic heterocycles. The summed E-state index contributed by atoms with van der Waals surface area (Å²) in [5.41, 5.74) is 2.62. The highest BCUT2D eigenvalue weighted by molar-refractivity contribution is 7.91. The van der Waals surface area contributed by atoms with Gasteiger partial charge in [-0.25, -0.2) is 13.4 Å². The van der Waals surface area contributed by atoms with Gasteiger partial charge in [-0.3, -0.25) is 4.79 Å². The van der Waals surface area contributed by atoms with E-state index < -0.39 is 9.84 Å². The Labute approximate surface area is 116 Å². The number of aromatic nitrogens is 2. The van der Waals surface area contributed by atoms with Crippen molar-refractivity contribution < 1.29 is 13.2 Å². The van der Waals surface area contributed by atoms with Gasteiger partial charge in [-0.15, -0.1) is 0 Å². The van der Waals surface area contributed by atoms with Crippen LogP contribution in [0.2, 0.25) is 0 Å². The molecule has 1 amide bonds. The lowest BCUT2D eigenvalue weighted by Gasteiger charge is -2.10. The van der Waals surface area contributed by atoms with Crippen LogP contribution in [-0.2, 0) is 21.1 Å². The van der Waals surface area contributed by atoms with Gasteiger partial charge in [0.05, 0.1) is 35.3 Å². The minimum Gasteiger partial charge on any atom is -0.352 e. The molecule has 1 aliphatic heterocycles. The van der Waals surface area contributed by atoms with E-state index in [2.05, 4.69) is 15.3 Å². The first kappa shape index (κ1) is 13.1. The molecule has 0 spiro atoms. The number of sulfone groups is 1. The molecule has 1 aromatic carbocycles. The highest BCUT2D eigenvalue weighted by Crippen LogP contribution is 2.14. The largest absolute Gasteiger partial charge is 0.352 e. The lowest BCUT2D eigenvalue weighted by Crippen LogP contribution is -2.36. The Morgan fingerprint density at radius 1 is 1.45 bits per heavy atom. The Kier molecular flexibility index (Phi) is 3.21. The molecule has 0 bridgehead atoms. The van der Waals surface area contributed by atoms with E-state index in [4.69, 9.17) is 0 Å². The van der Waals surface area contributed by atoms with Gasteiger partial charge >= 0.3 is 0 Å². The second-order valence-electron chi connectivity index (χ2n) is 5.10. The maximum absolute atomic E-state index is 11.9. The molecule has 7 heteroatoms. The number of rotatable bonds is 3. The minimum atomic E-state index is -2.96. The molecule has 1 unspecified atom stereocenters. The number of carbonyl (C=O) groups is 1. The number of amides is 1. The number of H-pyrrole nitrogens is 1. The van der Waals surface area contributed by atoms with Crippen molar-refractivity contribution in [2.75, 3.05) is 11.5 Å². The van der Waals surface area contributed by atoms with Crippen LogP contribution in [0.25, 0.3) is 11.0 Å². The number of imidazole rings is 1. The number of benzene rings is 1. The molecule has 1 fully saturated rings. The van der Waals surface area contributed by atoms with E-state index in [1.54, 1.807) is 6.33 Å². The highest BCUT2D eigenvalue weighted by atomic mass is 32.2. The Hall–Kier alpha value is -1.89. The number of fused-ring (bicyclic) bond motifs is 1. The topological polar surface area (TPSA) is 91.9 Å². The summed E-state index contributed by atoms with van der Waals surface area (Å²) in [7, 11) is -2.96. The SMILES string of the molecule is O=C(Cc1ccc2nc[nH]c2c1)NC1CCS(=O)(=O)C1. The van der Waals surface area contributed by atoms with Crippen LogP contribution in [0.5, 0.6) is 0 Å². The van der Waals surface area contributed by atoms with Gasteiger partial charge in [-0.05, 0) is 24.1 Å². The van der Waals surface area contributed by atoms with Crippen LogP contribution in [-0.4, -0.2) is 41.8 Å².